The first-order chi connectivity index (χ1) is 8.16. The molecule has 0 bridgehead atoms. The maximum absolute atomic E-state index is 11.8. The number of amides is 1. The molecular formula is C10H8Cl2N4O. The van der Waals surface area contributed by atoms with Crippen LogP contribution in [0.15, 0.2) is 24.5 Å². The number of pyridine rings is 1. The summed E-state index contributed by atoms with van der Waals surface area (Å²) in [5.74, 6) is -0.311. The van der Waals surface area contributed by atoms with Crippen LogP contribution >= 0.6 is 23.2 Å². The van der Waals surface area contributed by atoms with Gasteiger partial charge in [0, 0.05) is 12.4 Å². The number of carbonyl (C=O) groups excluding carboxylic acids is 1. The molecule has 2 rings (SSSR count). The second kappa shape index (κ2) is 5.16. The summed E-state index contributed by atoms with van der Waals surface area (Å²) in [6.45, 7) is 0.342. The summed E-state index contributed by atoms with van der Waals surface area (Å²) in [5, 5.41) is 9.68. The fourth-order valence-electron chi connectivity index (χ4n) is 1.24. The van der Waals surface area contributed by atoms with Crippen LogP contribution in [0.1, 0.15) is 16.1 Å². The molecule has 0 aliphatic heterocycles. The van der Waals surface area contributed by atoms with Crippen LogP contribution in [-0.2, 0) is 6.54 Å². The van der Waals surface area contributed by atoms with E-state index in [1.54, 1.807) is 12.3 Å². The quantitative estimate of drug-likeness (QED) is 0.839. The standard InChI is InChI=1S/C10H8Cl2N4O/c11-8-5-13-9(12)3-7(8)10(17)14-4-6-1-2-15-16-6/h1-3,5H,4H2,(H,14,17)(H,15,16). The van der Waals surface area contributed by atoms with Crippen LogP contribution in [0.2, 0.25) is 10.2 Å². The highest BCUT2D eigenvalue weighted by atomic mass is 35.5. The summed E-state index contributed by atoms with van der Waals surface area (Å²) >= 11 is 11.5. The first-order valence-electron chi connectivity index (χ1n) is 4.74. The molecule has 5 nitrogen and oxygen atoms in total. The minimum absolute atomic E-state index is 0.223. The first kappa shape index (κ1) is 11.9. The van der Waals surface area contributed by atoms with Crippen molar-refractivity contribution in [3.05, 3.63) is 46.0 Å². The maximum atomic E-state index is 11.8. The molecule has 2 aromatic rings. The lowest BCUT2D eigenvalue weighted by Gasteiger charge is -2.05. The average molecular weight is 271 g/mol. The topological polar surface area (TPSA) is 70.7 Å². The number of halogens is 2. The maximum Gasteiger partial charge on any atom is 0.253 e. The number of aromatic amines is 1. The number of rotatable bonds is 3. The van der Waals surface area contributed by atoms with Crippen LogP contribution in [0.5, 0.6) is 0 Å². The summed E-state index contributed by atoms with van der Waals surface area (Å²) in [4.78, 5) is 15.6. The molecule has 0 fully saturated rings. The second-order valence-electron chi connectivity index (χ2n) is 3.25. The van der Waals surface area contributed by atoms with Crippen molar-refractivity contribution in [1.29, 1.82) is 0 Å². The number of aromatic nitrogens is 3. The van der Waals surface area contributed by atoms with Crippen LogP contribution in [-0.4, -0.2) is 21.1 Å². The molecule has 2 heterocycles. The molecule has 2 N–H and O–H groups in total. The van der Waals surface area contributed by atoms with Gasteiger partial charge in [-0.25, -0.2) is 4.98 Å². The van der Waals surface area contributed by atoms with E-state index < -0.39 is 0 Å². The number of H-pyrrole nitrogens is 1. The van der Waals surface area contributed by atoms with Crippen LogP contribution in [0.4, 0.5) is 0 Å². The third-order valence-corrected chi connectivity index (χ3v) is 2.57. The number of nitrogens with zero attached hydrogens (tertiary/aromatic N) is 2. The zero-order valence-electron chi connectivity index (χ0n) is 8.58. The SMILES string of the molecule is O=C(NCc1ccn[nH]1)c1cc(Cl)ncc1Cl. The van der Waals surface area contributed by atoms with Crippen molar-refractivity contribution in [2.75, 3.05) is 0 Å². The van der Waals surface area contributed by atoms with E-state index in [0.29, 0.717) is 12.1 Å². The molecule has 0 aliphatic rings. The fourth-order valence-corrected chi connectivity index (χ4v) is 1.59. The first-order valence-corrected chi connectivity index (χ1v) is 5.50. The van der Waals surface area contributed by atoms with Gasteiger partial charge in [0.05, 0.1) is 22.8 Å². The summed E-state index contributed by atoms with van der Waals surface area (Å²) in [6.07, 6.45) is 2.95. The van der Waals surface area contributed by atoms with Crippen LogP contribution < -0.4 is 5.32 Å². The van der Waals surface area contributed by atoms with E-state index in [1.165, 1.54) is 12.3 Å². The lowest BCUT2D eigenvalue weighted by molar-refractivity contribution is 0.0950. The Morgan fingerprint density at radius 2 is 2.29 bits per heavy atom. The van der Waals surface area contributed by atoms with Crippen molar-refractivity contribution in [1.82, 2.24) is 20.5 Å². The van der Waals surface area contributed by atoms with Gasteiger partial charge in [-0.05, 0) is 12.1 Å². The minimum atomic E-state index is -0.311. The van der Waals surface area contributed by atoms with Crippen LogP contribution in [0, 0.1) is 0 Å². The fraction of sp³-hybridized carbons (Fsp3) is 0.100. The van der Waals surface area contributed by atoms with Gasteiger partial charge >= 0.3 is 0 Å². The Hall–Kier alpha value is -1.59. The van der Waals surface area contributed by atoms with Gasteiger partial charge in [-0.2, -0.15) is 5.10 Å². The zero-order valence-corrected chi connectivity index (χ0v) is 10.1. The highest BCUT2D eigenvalue weighted by Gasteiger charge is 2.11. The number of hydrogen-bond donors (Lipinski definition) is 2. The van der Waals surface area contributed by atoms with Gasteiger partial charge in [0.2, 0.25) is 0 Å². The van der Waals surface area contributed by atoms with E-state index >= 15 is 0 Å². The van der Waals surface area contributed by atoms with E-state index in [4.69, 9.17) is 23.2 Å². The summed E-state index contributed by atoms with van der Waals surface area (Å²) in [6, 6.07) is 3.19. The molecule has 0 aliphatic carbocycles. The van der Waals surface area contributed by atoms with Crippen LogP contribution in [0.25, 0.3) is 0 Å². The molecule has 0 unspecified atom stereocenters. The van der Waals surface area contributed by atoms with Crippen LogP contribution in [0.3, 0.4) is 0 Å². The van der Waals surface area contributed by atoms with E-state index in [1.807, 2.05) is 0 Å². The highest BCUT2D eigenvalue weighted by molar-refractivity contribution is 6.35. The molecule has 1 amide bonds. The molecule has 0 atom stereocenters. The smallest absolute Gasteiger partial charge is 0.253 e. The van der Waals surface area contributed by atoms with Gasteiger partial charge in [-0.1, -0.05) is 23.2 Å². The Bertz CT molecular complexity index is 527. The summed E-state index contributed by atoms with van der Waals surface area (Å²) in [5.41, 5.74) is 1.10. The van der Waals surface area contributed by atoms with Crippen molar-refractivity contribution in [3.63, 3.8) is 0 Å². The molecule has 7 heteroatoms. The highest BCUT2D eigenvalue weighted by Crippen LogP contribution is 2.17. The Kier molecular flexibility index (Phi) is 3.61. The van der Waals surface area contributed by atoms with Crippen molar-refractivity contribution >= 4 is 29.1 Å². The Morgan fingerprint density at radius 1 is 1.47 bits per heavy atom. The van der Waals surface area contributed by atoms with Gasteiger partial charge < -0.3 is 5.32 Å². The third-order valence-electron chi connectivity index (χ3n) is 2.06. The van der Waals surface area contributed by atoms with Crippen molar-refractivity contribution in [3.8, 4) is 0 Å². The molecule has 17 heavy (non-hydrogen) atoms. The van der Waals surface area contributed by atoms with E-state index in [-0.39, 0.29) is 16.1 Å². The Morgan fingerprint density at radius 3 is 3.00 bits per heavy atom. The van der Waals surface area contributed by atoms with Gasteiger partial charge in [0.25, 0.3) is 5.91 Å². The second-order valence-corrected chi connectivity index (χ2v) is 4.05. The summed E-state index contributed by atoms with van der Waals surface area (Å²) in [7, 11) is 0. The predicted octanol–water partition coefficient (Wildman–Crippen LogP) is 2.04. The third kappa shape index (κ3) is 2.95. The predicted molar refractivity (Wildman–Crippen MR) is 64.0 cm³/mol. The average Bonchev–Trinajstić information content (AvgIpc) is 2.82. The number of carbonyl (C=O) groups is 1. The number of nitrogens with one attached hydrogen (secondary N) is 2. The van der Waals surface area contributed by atoms with E-state index in [9.17, 15) is 4.79 Å². The largest absolute Gasteiger partial charge is 0.346 e. The molecular weight excluding hydrogens is 263 g/mol. The van der Waals surface area contributed by atoms with Gasteiger partial charge in [0.15, 0.2) is 0 Å². The zero-order chi connectivity index (χ0) is 12.3. The summed E-state index contributed by atoms with van der Waals surface area (Å²) < 4.78 is 0. The van der Waals surface area contributed by atoms with E-state index in [0.717, 1.165) is 5.69 Å². The molecule has 2 aromatic heterocycles. The normalized spacial score (nSPS) is 10.2. The lowest BCUT2D eigenvalue weighted by Crippen LogP contribution is -2.23. The monoisotopic (exact) mass is 270 g/mol. The van der Waals surface area contributed by atoms with Gasteiger partial charge in [-0.3, -0.25) is 9.89 Å². The molecule has 88 valence electrons. The molecule has 0 radical (unpaired) electrons. The van der Waals surface area contributed by atoms with Crippen molar-refractivity contribution < 1.29 is 4.79 Å². The Balaban J connectivity index is 2.07. The van der Waals surface area contributed by atoms with Crippen molar-refractivity contribution in [2.24, 2.45) is 0 Å². The molecule has 0 aromatic carbocycles. The number of hydrogen-bond acceptors (Lipinski definition) is 3. The minimum Gasteiger partial charge on any atom is -0.346 e. The molecule has 0 spiro atoms. The molecule has 0 saturated heterocycles. The van der Waals surface area contributed by atoms with E-state index in [2.05, 4.69) is 20.5 Å². The van der Waals surface area contributed by atoms with Gasteiger partial charge in [-0.15, -0.1) is 0 Å². The molecule has 0 saturated carbocycles. The van der Waals surface area contributed by atoms with Gasteiger partial charge in [0.1, 0.15) is 5.15 Å². The lowest BCUT2D eigenvalue weighted by atomic mass is 10.2. The Labute approximate surface area is 107 Å². The van der Waals surface area contributed by atoms with Crippen molar-refractivity contribution in [2.45, 2.75) is 6.54 Å².